The van der Waals surface area contributed by atoms with E-state index in [2.05, 4.69) is 0 Å². The van der Waals surface area contributed by atoms with Crippen molar-refractivity contribution in [2.24, 2.45) is 0 Å². The summed E-state index contributed by atoms with van der Waals surface area (Å²) in [5, 5.41) is -0.660. The van der Waals surface area contributed by atoms with Gasteiger partial charge in [-0.2, -0.15) is 0 Å². The van der Waals surface area contributed by atoms with Crippen LogP contribution in [0.2, 0.25) is 0 Å². The van der Waals surface area contributed by atoms with Crippen molar-refractivity contribution in [2.45, 2.75) is 26.2 Å². The van der Waals surface area contributed by atoms with Crippen LogP contribution in [0.5, 0.6) is 0 Å². The van der Waals surface area contributed by atoms with E-state index in [1.54, 1.807) is 23.1 Å². The Hall–Kier alpha value is -12.5. The fourth-order valence-electron chi connectivity index (χ4n) is 14.0. The number of hydrogen-bond acceptors (Lipinski definition) is 5. The number of anilines is 6. The number of hydrogen-bond donors (Lipinski definition) is 0. The molecule has 102 heavy (non-hydrogen) atoms. The minimum atomic E-state index is -0.900. The average Bonchev–Trinajstić information content (AvgIpc) is 1.44. The fourth-order valence-corrected chi connectivity index (χ4v) is 16.0. The SMILES string of the molecule is [2H]c1c([2H])c(N(c2cc(N(c3c(-c4ccccc4)cccc3-c3ccccc3)c3c([2H])c4cc(c3[2H])n3c5ccccc5sc5c-3cc(oc3cc6c(sc7ccccc7n4-6)c([2H])c3[2H])c([2H])c5[2H])cc(C(C)(C)C)c2)c2c(-c3ccccc3)cccc2-c2ccccc2)c([2H])c(-n2c3c([2H])c([2H])c([2H])c([2H])c3c3c([2H])c([2H])c([2H])c([2H])c32)c1[2H]. The highest BCUT2D eigenvalue weighted by atomic mass is 32.1. The van der Waals surface area contributed by atoms with Crippen LogP contribution < -0.4 is 9.80 Å². The molecule has 0 spiro atoms. The second-order valence-corrected chi connectivity index (χ2v) is 28.0. The molecule has 6 bridgehead atoms. The van der Waals surface area contributed by atoms with Crippen LogP contribution in [0.1, 0.15) is 51.0 Å². The van der Waals surface area contributed by atoms with E-state index in [4.69, 9.17) is 7.16 Å². The van der Waals surface area contributed by atoms with Crippen LogP contribution >= 0.6 is 22.7 Å². The first-order valence-corrected chi connectivity index (χ1v) is 35.0. The lowest BCUT2D eigenvalue weighted by Crippen LogP contribution is -2.19. The van der Waals surface area contributed by atoms with E-state index in [0.29, 0.717) is 91.5 Å². The smallest absolute Gasteiger partial charge is 0.129 e. The summed E-state index contributed by atoms with van der Waals surface area (Å²) in [5.41, 5.74) is 6.34. The molecule has 3 aliphatic heterocycles. The minimum absolute atomic E-state index is 0.0203. The highest BCUT2D eigenvalue weighted by Gasteiger charge is 2.30. The summed E-state index contributed by atoms with van der Waals surface area (Å²) in [7, 11) is 0. The quantitative estimate of drug-likeness (QED) is 0.121. The molecule has 19 rings (SSSR count). The van der Waals surface area contributed by atoms with Crippen LogP contribution in [-0.2, 0) is 5.41 Å². The molecule has 0 atom stereocenters. The summed E-state index contributed by atoms with van der Waals surface area (Å²) < 4.78 is 194. The molecule has 1 aromatic heterocycles. The summed E-state index contributed by atoms with van der Waals surface area (Å²) >= 11 is 2.56. The Balaban J connectivity index is 1.06. The van der Waals surface area contributed by atoms with E-state index in [-0.39, 0.29) is 92.0 Å². The molecule has 0 aliphatic carbocycles. The van der Waals surface area contributed by atoms with Gasteiger partial charge in [-0.05, 0) is 148 Å². The van der Waals surface area contributed by atoms with E-state index >= 15 is 0 Å². The average molecular weight is 1360 g/mol. The van der Waals surface area contributed by atoms with Gasteiger partial charge in [0.25, 0.3) is 0 Å². The molecule has 4 heterocycles. The maximum Gasteiger partial charge on any atom is 0.129 e. The minimum Gasteiger partial charge on any atom is -0.457 e. The second-order valence-electron chi connectivity index (χ2n) is 25.9. The number of benzene rings is 15. The second kappa shape index (κ2) is 24.8. The van der Waals surface area contributed by atoms with Gasteiger partial charge < -0.3 is 27.9 Å². The van der Waals surface area contributed by atoms with Crippen molar-refractivity contribution in [3.63, 3.8) is 0 Å². The van der Waals surface area contributed by atoms with Crippen LogP contribution in [-0.4, -0.2) is 13.7 Å². The summed E-state index contributed by atoms with van der Waals surface area (Å²) in [6.07, 6.45) is 0. The Morgan fingerprint density at radius 1 is 0.333 bits per heavy atom. The van der Waals surface area contributed by atoms with Crippen molar-refractivity contribution in [1.82, 2.24) is 13.7 Å². The predicted octanol–water partition coefficient (Wildman–Crippen LogP) is 27.3. The van der Waals surface area contributed by atoms with Gasteiger partial charge in [0.05, 0.1) is 105 Å². The highest BCUT2D eigenvalue weighted by Crippen LogP contribution is 2.53. The lowest BCUT2D eigenvalue weighted by atomic mass is 9.85. The molecular weight excluding hydrogens is 1280 g/mol. The number of rotatable bonds is 11. The number of nitrogens with zero attached hydrogens (tertiary/aromatic N) is 5. The molecule has 0 N–H and O–H groups in total. The van der Waals surface area contributed by atoms with Crippen LogP contribution in [0.3, 0.4) is 0 Å². The molecule has 0 amide bonds. The van der Waals surface area contributed by atoms with Crippen molar-refractivity contribution in [3.8, 4) is 61.6 Å². The summed E-state index contributed by atoms with van der Waals surface area (Å²) in [6, 6.07) is 66.0. The van der Waals surface area contributed by atoms with Gasteiger partial charge in [-0.3, -0.25) is 0 Å². The van der Waals surface area contributed by atoms with Crippen molar-refractivity contribution in [1.29, 1.82) is 0 Å². The topological polar surface area (TPSA) is 34.4 Å². The third kappa shape index (κ3) is 10.5. The van der Waals surface area contributed by atoms with Crippen molar-refractivity contribution in [2.75, 3.05) is 9.80 Å². The molecule has 8 heteroatoms. The van der Waals surface area contributed by atoms with Gasteiger partial charge in [-0.15, -0.1) is 22.7 Å². The normalized spacial score (nSPS) is 14.3. The Morgan fingerprint density at radius 2 is 0.755 bits per heavy atom. The molecule has 0 radical (unpaired) electrons. The molecule has 0 fully saturated rings. The monoisotopic (exact) mass is 1360 g/mol. The van der Waals surface area contributed by atoms with Gasteiger partial charge in [-0.1, -0.05) is 245 Å². The molecule has 0 saturated carbocycles. The van der Waals surface area contributed by atoms with E-state index < -0.39 is 94.6 Å². The van der Waals surface area contributed by atoms with Gasteiger partial charge >= 0.3 is 0 Å². The highest BCUT2D eigenvalue weighted by molar-refractivity contribution is 7.24. The molecule has 0 unspecified atom stereocenters. The van der Waals surface area contributed by atoms with Gasteiger partial charge in [-0.25, -0.2) is 0 Å². The molecule has 486 valence electrons. The summed E-state index contributed by atoms with van der Waals surface area (Å²) in [5.74, 6) is 0. The molecule has 3 aliphatic rings. The van der Waals surface area contributed by atoms with E-state index in [0.717, 1.165) is 15.7 Å². The van der Waals surface area contributed by atoms with Crippen molar-refractivity contribution < 1.29 is 29.1 Å². The Morgan fingerprint density at radius 3 is 1.21 bits per heavy atom. The van der Waals surface area contributed by atoms with Crippen molar-refractivity contribution in [3.05, 3.63) is 357 Å². The van der Waals surface area contributed by atoms with E-state index in [1.807, 2.05) is 259 Å². The maximum atomic E-state index is 11.8. The number of para-hydroxylation sites is 6. The summed E-state index contributed by atoms with van der Waals surface area (Å²) in [6.45, 7) is 6.07. The van der Waals surface area contributed by atoms with Gasteiger partial charge in [0, 0.05) is 67.9 Å². The van der Waals surface area contributed by atoms with Gasteiger partial charge in [0.15, 0.2) is 0 Å². The standard InChI is InChI=1S/C94H67N5OS2/c1-94(2,3)66-53-69(95(92-76(62-27-8-4-9-28-62)39-25-40-77(92)63-29-10-5-11-30-63)67-35-24-36-68(55-67)97-82-43-18-16-37-80(82)81-38-17-19-44-83(81)97)56-70(54-66)96(93-78(64-31-12-6-13-32-64)41-26-42-79(93)65-33-14-7-15-34-65)71-57-72-59-73(58-71)99-85-46-21-23-48-89(85)102-91-52-50-75(61-87(91)99)100-74-49-51-90-86(60-74)98(72)84-45-20-22-47-88(84)101-90/h4-61H,1-3H3/i16D,17D,18D,19D,24D,35D,36D,37D,38D,43D,44D,49D,50D,51D,52D,55D,57D,58D. The zero-order valence-corrected chi connectivity index (χ0v) is 56.7. The first kappa shape index (κ1) is 44.5. The van der Waals surface area contributed by atoms with Crippen LogP contribution in [0.15, 0.2) is 356 Å². The number of aromatic nitrogens is 3. The van der Waals surface area contributed by atoms with Crippen molar-refractivity contribution >= 4 is 131 Å². The Labute approximate surface area is 624 Å². The van der Waals surface area contributed by atoms with Crippen LogP contribution in [0, 0.1) is 0 Å². The molecule has 15 aromatic carbocycles. The fraction of sp³-hybridized carbons (Fsp3) is 0.0426. The van der Waals surface area contributed by atoms with Crippen LogP contribution in [0.25, 0.3) is 135 Å². The Bertz CT molecular complexity index is 7220. The van der Waals surface area contributed by atoms with E-state index in [9.17, 15) is 21.9 Å². The zero-order valence-electron chi connectivity index (χ0n) is 73.1. The first-order chi connectivity index (χ1) is 57.7. The predicted molar refractivity (Wildman–Crippen MR) is 434 cm³/mol. The van der Waals surface area contributed by atoms with Gasteiger partial charge in [0.1, 0.15) is 11.2 Å². The lowest BCUT2D eigenvalue weighted by molar-refractivity contribution is 0.590. The third-order valence-corrected chi connectivity index (χ3v) is 20.8. The largest absolute Gasteiger partial charge is 0.457 e. The van der Waals surface area contributed by atoms with Crippen LogP contribution in [0.4, 0.5) is 34.1 Å². The number of fused-ring (bicyclic) bond motifs is 13. The van der Waals surface area contributed by atoms with E-state index in [1.165, 1.54) is 22.7 Å². The zero-order chi connectivity index (χ0) is 83.7. The Kier molecular flexibility index (Phi) is 10.8. The lowest BCUT2D eigenvalue weighted by Gasteiger charge is -2.35. The molecule has 0 saturated heterocycles. The summed E-state index contributed by atoms with van der Waals surface area (Å²) in [4.78, 5) is 3.62. The third-order valence-electron chi connectivity index (χ3n) is 18.6. The first-order valence-electron chi connectivity index (χ1n) is 42.3. The molecule has 16 aromatic rings. The van der Waals surface area contributed by atoms with Gasteiger partial charge in [0.2, 0.25) is 0 Å². The molecular formula is C94H67N5OS2. The maximum absolute atomic E-state index is 11.8. The molecule has 6 nitrogen and oxygen atoms in total.